The minimum Gasteiger partial charge on any atom is -0.480 e. The number of esters is 1. The van der Waals surface area contributed by atoms with Crippen LogP contribution in [0, 0.1) is 11.6 Å². The SMILES string of the molecule is Cn1c(=O)n(-c2ccc(C[C@H](NC(=O)c3cc(F)c(NS(=O)(=O)c4ccc5c(c4)C(=O)OC5)cc3F)C(=O)O)nc2)c(=O)c2ccncc21. The maximum absolute atomic E-state index is 15.0. The lowest BCUT2D eigenvalue weighted by molar-refractivity contribution is -0.139. The van der Waals surface area contributed by atoms with Gasteiger partial charge in [-0.15, -0.1) is 0 Å². The third-order valence-electron chi connectivity index (χ3n) is 7.67. The molecule has 2 aromatic carbocycles. The van der Waals surface area contributed by atoms with Crippen LogP contribution in [-0.2, 0) is 39.6 Å². The van der Waals surface area contributed by atoms with E-state index in [0.29, 0.717) is 23.2 Å². The second kappa shape index (κ2) is 12.4. The maximum Gasteiger partial charge on any atom is 0.338 e. The number of benzene rings is 2. The van der Waals surface area contributed by atoms with Crippen molar-refractivity contribution in [1.82, 2.24) is 24.4 Å². The molecule has 1 atom stereocenters. The summed E-state index contributed by atoms with van der Waals surface area (Å²) < 4.78 is 64.5. The van der Waals surface area contributed by atoms with Gasteiger partial charge in [-0.2, -0.15) is 0 Å². The molecule has 0 unspecified atom stereocenters. The summed E-state index contributed by atoms with van der Waals surface area (Å²) in [6, 6.07) is 6.76. The number of pyridine rings is 2. The van der Waals surface area contributed by atoms with Gasteiger partial charge in [-0.05, 0) is 36.4 Å². The first-order valence-electron chi connectivity index (χ1n) is 14.1. The van der Waals surface area contributed by atoms with Crippen LogP contribution in [0.15, 0.2) is 81.6 Å². The summed E-state index contributed by atoms with van der Waals surface area (Å²) in [5.74, 6) is -6.34. The minimum absolute atomic E-state index is 0.00447. The van der Waals surface area contributed by atoms with Gasteiger partial charge in [-0.3, -0.25) is 28.8 Å². The van der Waals surface area contributed by atoms with Crippen molar-refractivity contribution in [3.8, 4) is 5.69 Å². The van der Waals surface area contributed by atoms with Gasteiger partial charge in [-0.1, -0.05) is 6.07 Å². The average molecular weight is 693 g/mol. The molecular weight excluding hydrogens is 670 g/mol. The van der Waals surface area contributed by atoms with Gasteiger partial charge in [0.2, 0.25) is 0 Å². The molecule has 0 bridgehead atoms. The first-order valence-corrected chi connectivity index (χ1v) is 15.6. The summed E-state index contributed by atoms with van der Waals surface area (Å²) in [5.41, 5.74) is -2.14. The summed E-state index contributed by atoms with van der Waals surface area (Å²) in [5, 5.41) is 12.0. The Labute approximate surface area is 273 Å². The monoisotopic (exact) mass is 692 g/mol. The van der Waals surface area contributed by atoms with Crippen LogP contribution in [0.2, 0.25) is 0 Å². The standard InChI is InChI=1S/C31H22F2N6O9S/c1-38-26-13-34-7-6-19(26)28(41)39(31(38)45)17-4-3-16(35-12-17)8-25(29(42)43)36-27(40)21-10-23(33)24(11-22(21)32)37-49(46,47)18-5-2-15-14-48-30(44)20(15)9-18/h2-7,9-13,25,37H,8,14H2,1H3,(H,36,40)(H,42,43)/t25-/m0/s1. The number of carbonyl (C=O) groups excluding carboxylic acids is 2. The predicted molar refractivity (Wildman–Crippen MR) is 166 cm³/mol. The minimum atomic E-state index is -4.52. The lowest BCUT2D eigenvalue weighted by atomic mass is 10.1. The molecular formula is C31H22F2N6O9S. The van der Waals surface area contributed by atoms with Gasteiger partial charge >= 0.3 is 17.6 Å². The highest BCUT2D eigenvalue weighted by atomic mass is 32.2. The molecule has 250 valence electrons. The molecule has 4 heterocycles. The van der Waals surface area contributed by atoms with Crippen molar-refractivity contribution in [2.75, 3.05) is 4.72 Å². The number of nitrogens with one attached hydrogen (secondary N) is 2. The molecule has 0 spiro atoms. The number of sulfonamides is 1. The van der Waals surface area contributed by atoms with Crippen molar-refractivity contribution in [2.45, 2.75) is 24.0 Å². The molecule has 0 radical (unpaired) electrons. The number of carboxylic acids is 1. The number of carbonyl (C=O) groups is 3. The Morgan fingerprint density at radius 1 is 1.04 bits per heavy atom. The quantitative estimate of drug-likeness (QED) is 0.189. The Morgan fingerprint density at radius 2 is 1.82 bits per heavy atom. The van der Waals surface area contributed by atoms with Crippen molar-refractivity contribution < 1.29 is 41.4 Å². The highest BCUT2D eigenvalue weighted by Crippen LogP contribution is 2.27. The van der Waals surface area contributed by atoms with Crippen molar-refractivity contribution >= 4 is 44.5 Å². The number of halogens is 2. The lowest BCUT2D eigenvalue weighted by Gasteiger charge is -2.16. The Morgan fingerprint density at radius 3 is 2.53 bits per heavy atom. The van der Waals surface area contributed by atoms with E-state index in [-0.39, 0.29) is 28.9 Å². The Hall–Kier alpha value is -6.30. The molecule has 0 saturated carbocycles. The highest BCUT2D eigenvalue weighted by Gasteiger charge is 2.28. The number of cyclic esters (lactones) is 1. The van der Waals surface area contributed by atoms with Gasteiger partial charge in [0.1, 0.15) is 24.3 Å². The van der Waals surface area contributed by atoms with E-state index < -0.39 is 79.4 Å². The maximum atomic E-state index is 15.0. The fourth-order valence-electron chi connectivity index (χ4n) is 5.10. The van der Waals surface area contributed by atoms with Crippen LogP contribution in [0.5, 0.6) is 0 Å². The molecule has 3 N–H and O–H groups in total. The number of fused-ring (bicyclic) bond motifs is 2. The zero-order valence-electron chi connectivity index (χ0n) is 25.0. The number of nitrogens with zero attached hydrogens (tertiary/aromatic N) is 4. The first kappa shape index (κ1) is 32.6. The van der Waals surface area contributed by atoms with Crippen LogP contribution in [0.3, 0.4) is 0 Å². The van der Waals surface area contributed by atoms with Crippen LogP contribution < -0.4 is 21.3 Å². The van der Waals surface area contributed by atoms with E-state index in [2.05, 4.69) is 15.3 Å². The zero-order valence-corrected chi connectivity index (χ0v) is 25.8. The van der Waals surface area contributed by atoms with Crippen molar-refractivity contribution in [2.24, 2.45) is 7.05 Å². The summed E-state index contributed by atoms with van der Waals surface area (Å²) in [7, 11) is -3.06. The second-order valence-corrected chi connectivity index (χ2v) is 12.4. The van der Waals surface area contributed by atoms with E-state index in [4.69, 9.17) is 4.74 Å². The van der Waals surface area contributed by atoms with Crippen LogP contribution in [0.25, 0.3) is 16.6 Å². The fraction of sp³-hybridized carbons (Fsp3) is 0.129. The number of rotatable bonds is 9. The number of hydrogen-bond acceptors (Lipinski definition) is 10. The third kappa shape index (κ3) is 6.11. The number of aryl methyl sites for hydroxylation is 1. The molecule has 5 aromatic rings. The zero-order chi connectivity index (χ0) is 35.2. The summed E-state index contributed by atoms with van der Waals surface area (Å²) >= 11 is 0. The number of carboxylic acid groups (broad SMARTS) is 1. The van der Waals surface area contributed by atoms with Gasteiger partial charge in [0, 0.05) is 37.0 Å². The van der Waals surface area contributed by atoms with Gasteiger partial charge in [0.15, 0.2) is 0 Å². The number of amides is 1. The number of aromatic nitrogens is 4. The largest absolute Gasteiger partial charge is 0.480 e. The topological polar surface area (TPSA) is 209 Å². The lowest BCUT2D eigenvalue weighted by Crippen LogP contribution is -2.42. The molecule has 0 saturated heterocycles. The molecule has 1 aliphatic rings. The van der Waals surface area contributed by atoms with E-state index in [1.165, 1.54) is 48.3 Å². The number of hydrogen-bond donors (Lipinski definition) is 3. The van der Waals surface area contributed by atoms with E-state index in [1.54, 1.807) is 0 Å². The van der Waals surface area contributed by atoms with E-state index in [9.17, 15) is 41.9 Å². The van der Waals surface area contributed by atoms with Gasteiger partial charge in [-0.25, -0.2) is 36.1 Å². The van der Waals surface area contributed by atoms with E-state index >= 15 is 4.39 Å². The molecule has 3 aromatic heterocycles. The van der Waals surface area contributed by atoms with E-state index in [1.807, 2.05) is 4.72 Å². The molecule has 0 fully saturated rings. The Balaban J connectivity index is 1.19. The Kier molecular flexibility index (Phi) is 8.24. The molecule has 6 rings (SSSR count). The first-order chi connectivity index (χ1) is 23.2. The van der Waals surface area contributed by atoms with Crippen molar-refractivity contribution in [3.05, 3.63) is 122 Å². The number of anilines is 1. The molecule has 1 aliphatic heterocycles. The summed E-state index contributed by atoms with van der Waals surface area (Å²) in [4.78, 5) is 70.2. The van der Waals surface area contributed by atoms with Crippen LogP contribution in [-0.4, -0.2) is 56.5 Å². The Bertz CT molecular complexity index is 2450. The molecule has 15 nitrogen and oxygen atoms in total. The van der Waals surface area contributed by atoms with Crippen LogP contribution >= 0.6 is 0 Å². The molecule has 0 aliphatic carbocycles. The van der Waals surface area contributed by atoms with Gasteiger partial charge in [0.25, 0.3) is 21.5 Å². The normalized spacial score (nSPS) is 13.1. The summed E-state index contributed by atoms with van der Waals surface area (Å²) in [6.07, 6.45) is 3.49. The smallest absolute Gasteiger partial charge is 0.338 e. The van der Waals surface area contributed by atoms with Gasteiger partial charge < -0.3 is 15.2 Å². The van der Waals surface area contributed by atoms with Crippen molar-refractivity contribution in [1.29, 1.82) is 0 Å². The number of aliphatic carboxylic acids is 1. The average Bonchev–Trinajstić information content (AvgIpc) is 3.45. The van der Waals surface area contributed by atoms with E-state index in [0.717, 1.165) is 22.9 Å². The fourth-order valence-corrected chi connectivity index (χ4v) is 6.18. The van der Waals surface area contributed by atoms with Gasteiger partial charge in [0.05, 0.1) is 50.7 Å². The van der Waals surface area contributed by atoms with Crippen LogP contribution in [0.4, 0.5) is 14.5 Å². The molecule has 1 amide bonds. The number of ether oxygens (including phenoxy) is 1. The third-order valence-corrected chi connectivity index (χ3v) is 9.04. The molecule has 49 heavy (non-hydrogen) atoms. The highest BCUT2D eigenvalue weighted by molar-refractivity contribution is 7.92. The predicted octanol–water partition coefficient (Wildman–Crippen LogP) is 1.65. The second-order valence-electron chi connectivity index (χ2n) is 10.8. The van der Waals surface area contributed by atoms with Crippen LogP contribution in [0.1, 0.15) is 32.0 Å². The van der Waals surface area contributed by atoms with Crippen molar-refractivity contribution in [3.63, 3.8) is 0 Å². The summed E-state index contributed by atoms with van der Waals surface area (Å²) in [6.45, 7) is -0.0356. The molecule has 18 heteroatoms.